The minimum atomic E-state index is -0.452. The summed E-state index contributed by atoms with van der Waals surface area (Å²) in [5.74, 6) is -0.0724. The maximum absolute atomic E-state index is 12.8. The van der Waals surface area contributed by atoms with Gasteiger partial charge >= 0.3 is 5.69 Å². The normalized spacial score (nSPS) is 17.0. The average molecular weight is 407 g/mol. The van der Waals surface area contributed by atoms with Crippen LogP contribution in [0.4, 0.5) is 0 Å². The van der Waals surface area contributed by atoms with Crippen molar-refractivity contribution in [2.75, 3.05) is 0 Å². The molecule has 9 heteroatoms. The predicted octanol–water partition coefficient (Wildman–Crippen LogP) is 2.48. The van der Waals surface area contributed by atoms with Gasteiger partial charge in [0.2, 0.25) is 0 Å². The molecule has 1 aliphatic carbocycles. The summed E-state index contributed by atoms with van der Waals surface area (Å²) in [6.45, 7) is 6.47. The van der Waals surface area contributed by atoms with Crippen molar-refractivity contribution in [1.29, 1.82) is 0 Å². The lowest BCUT2D eigenvalue weighted by Gasteiger charge is -2.29. The van der Waals surface area contributed by atoms with Gasteiger partial charge in [-0.1, -0.05) is 27.2 Å². The molecule has 0 saturated heterocycles. The summed E-state index contributed by atoms with van der Waals surface area (Å²) in [6.07, 6.45) is 2.49. The zero-order chi connectivity index (χ0) is 20.8. The fraction of sp³-hybridized carbons (Fsp3) is 0.579. The zero-order valence-corrected chi connectivity index (χ0v) is 17.7. The second-order valence-corrected chi connectivity index (χ2v) is 9.07. The van der Waals surface area contributed by atoms with Crippen LogP contribution in [-0.4, -0.2) is 29.6 Å². The Bertz CT molecular complexity index is 1100. The van der Waals surface area contributed by atoms with Crippen LogP contribution in [0.3, 0.4) is 0 Å². The fourth-order valence-electron chi connectivity index (χ4n) is 3.51. The topological polar surface area (TPSA) is 99.1 Å². The molecule has 0 saturated carbocycles. The number of ketones is 1. The summed E-state index contributed by atoms with van der Waals surface area (Å²) in [5, 5.41) is 10.9. The number of rotatable bonds is 5. The molecule has 2 aromatic heterocycles. The molecular formula is C19H26N4O4S. The Morgan fingerprint density at radius 2 is 1.82 bits per heavy atom. The van der Waals surface area contributed by atoms with E-state index in [0.29, 0.717) is 30.1 Å². The summed E-state index contributed by atoms with van der Waals surface area (Å²) in [7, 11) is 3.01. The van der Waals surface area contributed by atoms with Crippen LogP contribution in [0, 0.1) is 5.41 Å². The van der Waals surface area contributed by atoms with E-state index < -0.39 is 11.2 Å². The molecule has 3 rings (SSSR count). The SMILES string of the molecule is CCCCn1c(SC2=C(O)CC(C)(C)CC2=O)nc2c1c(=O)n(C)c(=O)n2C. The Hall–Kier alpha value is -2.29. The molecule has 2 aromatic rings. The number of imidazole rings is 1. The summed E-state index contributed by atoms with van der Waals surface area (Å²) >= 11 is 1.08. The lowest BCUT2D eigenvalue weighted by molar-refractivity contribution is -0.117. The maximum atomic E-state index is 12.8. The van der Waals surface area contributed by atoms with Gasteiger partial charge in [-0.3, -0.25) is 18.7 Å². The number of Topliss-reactive ketones (excluding diaryl/α,β-unsaturated/α-hetero) is 1. The van der Waals surface area contributed by atoms with E-state index in [4.69, 9.17) is 0 Å². The van der Waals surface area contributed by atoms with Gasteiger partial charge in [-0.15, -0.1) is 0 Å². The molecule has 28 heavy (non-hydrogen) atoms. The molecule has 0 aromatic carbocycles. The lowest BCUT2D eigenvalue weighted by atomic mass is 9.79. The number of aliphatic hydroxyl groups is 1. The predicted molar refractivity (Wildman–Crippen MR) is 109 cm³/mol. The van der Waals surface area contributed by atoms with E-state index in [9.17, 15) is 19.5 Å². The molecule has 0 aliphatic heterocycles. The third-order valence-corrected chi connectivity index (χ3v) is 6.20. The number of carbonyl (C=O) groups excluding carboxylic acids is 1. The highest BCUT2D eigenvalue weighted by Crippen LogP contribution is 2.41. The van der Waals surface area contributed by atoms with Gasteiger partial charge in [0.25, 0.3) is 5.56 Å². The number of carbonyl (C=O) groups is 1. The van der Waals surface area contributed by atoms with Gasteiger partial charge in [-0.2, -0.15) is 0 Å². The third kappa shape index (κ3) is 3.43. The molecule has 0 spiro atoms. The minimum Gasteiger partial charge on any atom is -0.511 e. The highest BCUT2D eigenvalue weighted by atomic mass is 32.2. The summed E-state index contributed by atoms with van der Waals surface area (Å²) < 4.78 is 4.16. The number of hydrogen-bond donors (Lipinski definition) is 1. The van der Waals surface area contributed by atoms with Crippen molar-refractivity contribution < 1.29 is 9.90 Å². The van der Waals surface area contributed by atoms with Crippen LogP contribution in [-0.2, 0) is 25.4 Å². The van der Waals surface area contributed by atoms with E-state index in [-0.39, 0.29) is 27.5 Å². The molecule has 2 heterocycles. The van der Waals surface area contributed by atoms with Crippen LogP contribution >= 0.6 is 11.8 Å². The van der Waals surface area contributed by atoms with Crippen molar-refractivity contribution in [3.63, 3.8) is 0 Å². The van der Waals surface area contributed by atoms with Crippen LogP contribution < -0.4 is 11.2 Å². The van der Waals surface area contributed by atoms with Crippen molar-refractivity contribution in [2.24, 2.45) is 19.5 Å². The van der Waals surface area contributed by atoms with Crippen molar-refractivity contribution in [3.05, 3.63) is 31.5 Å². The van der Waals surface area contributed by atoms with Gasteiger partial charge in [0.05, 0.1) is 4.91 Å². The largest absolute Gasteiger partial charge is 0.511 e. The summed E-state index contributed by atoms with van der Waals surface area (Å²) in [5.41, 5.74) is -0.526. The summed E-state index contributed by atoms with van der Waals surface area (Å²) in [6, 6.07) is 0. The Labute approximate surface area is 166 Å². The molecule has 1 aliphatic rings. The first-order valence-corrected chi connectivity index (χ1v) is 10.2. The second kappa shape index (κ2) is 7.27. The molecule has 8 nitrogen and oxygen atoms in total. The zero-order valence-electron chi connectivity index (χ0n) is 16.9. The molecule has 0 fully saturated rings. The number of nitrogens with zero attached hydrogens (tertiary/aromatic N) is 4. The van der Waals surface area contributed by atoms with E-state index >= 15 is 0 Å². The molecule has 1 N–H and O–H groups in total. The first-order chi connectivity index (χ1) is 13.1. The molecule has 0 bridgehead atoms. The van der Waals surface area contributed by atoms with Crippen LogP contribution in [0.2, 0.25) is 0 Å². The van der Waals surface area contributed by atoms with Crippen LogP contribution in [0.15, 0.2) is 25.4 Å². The first-order valence-electron chi connectivity index (χ1n) is 9.37. The Morgan fingerprint density at radius 1 is 1.14 bits per heavy atom. The van der Waals surface area contributed by atoms with Gasteiger partial charge in [-0.25, -0.2) is 9.78 Å². The number of thioether (sulfide) groups is 1. The van der Waals surface area contributed by atoms with E-state index in [2.05, 4.69) is 4.98 Å². The van der Waals surface area contributed by atoms with Gasteiger partial charge in [0, 0.05) is 33.5 Å². The highest BCUT2D eigenvalue weighted by molar-refractivity contribution is 8.03. The van der Waals surface area contributed by atoms with Crippen LogP contribution in [0.25, 0.3) is 11.2 Å². The molecule has 0 radical (unpaired) electrons. The number of aromatic nitrogens is 4. The van der Waals surface area contributed by atoms with E-state index in [1.807, 2.05) is 20.8 Å². The lowest BCUT2D eigenvalue weighted by Crippen LogP contribution is -2.37. The quantitative estimate of drug-likeness (QED) is 0.819. The van der Waals surface area contributed by atoms with E-state index in [1.165, 1.54) is 11.6 Å². The number of hydrogen-bond acceptors (Lipinski definition) is 6. The minimum absolute atomic E-state index is 0.0575. The first kappa shape index (κ1) is 20.4. The fourth-order valence-corrected chi connectivity index (χ4v) is 4.49. The number of unbranched alkanes of at least 4 members (excludes halogenated alkanes) is 1. The van der Waals surface area contributed by atoms with Crippen molar-refractivity contribution in [1.82, 2.24) is 18.7 Å². The van der Waals surface area contributed by atoms with Crippen molar-refractivity contribution in [3.8, 4) is 0 Å². The Morgan fingerprint density at radius 3 is 2.43 bits per heavy atom. The van der Waals surface area contributed by atoms with E-state index in [0.717, 1.165) is 29.2 Å². The van der Waals surface area contributed by atoms with Gasteiger partial charge in [0.1, 0.15) is 5.76 Å². The number of allylic oxidation sites excluding steroid dienone is 2. The Kier molecular flexibility index (Phi) is 5.31. The summed E-state index contributed by atoms with van der Waals surface area (Å²) in [4.78, 5) is 42.4. The molecule has 0 amide bonds. The van der Waals surface area contributed by atoms with Crippen LogP contribution in [0.1, 0.15) is 46.5 Å². The van der Waals surface area contributed by atoms with Crippen molar-refractivity contribution >= 4 is 28.7 Å². The molecule has 0 atom stereocenters. The molecule has 0 unspecified atom stereocenters. The average Bonchev–Trinajstić information content (AvgIpc) is 2.97. The Balaban J connectivity index is 2.20. The highest BCUT2D eigenvalue weighted by Gasteiger charge is 2.34. The third-order valence-electron chi connectivity index (χ3n) is 5.04. The van der Waals surface area contributed by atoms with Gasteiger partial charge in [-0.05, 0) is 23.6 Å². The monoisotopic (exact) mass is 406 g/mol. The van der Waals surface area contributed by atoms with Gasteiger partial charge < -0.3 is 9.67 Å². The standard InChI is InChI=1S/C19H26N4O4S/c1-6-7-8-23-13-15(21(4)18(27)22(5)16(13)26)20-17(23)28-14-11(24)9-19(2,3)10-12(14)25/h24H,6-10H2,1-5H3. The van der Waals surface area contributed by atoms with Crippen LogP contribution in [0.5, 0.6) is 0 Å². The van der Waals surface area contributed by atoms with Crippen molar-refractivity contribution in [2.45, 2.75) is 58.2 Å². The van der Waals surface area contributed by atoms with Gasteiger partial charge in [0.15, 0.2) is 22.1 Å². The number of aliphatic hydroxyl groups excluding tert-OH is 1. The number of fused-ring (bicyclic) bond motifs is 1. The van der Waals surface area contributed by atoms with E-state index in [1.54, 1.807) is 11.6 Å². The number of aryl methyl sites for hydroxylation is 2. The maximum Gasteiger partial charge on any atom is 0.332 e. The molecular weight excluding hydrogens is 380 g/mol. The second-order valence-electron chi connectivity index (χ2n) is 8.10. The smallest absolute Gasteiger partial charge is 0.332 e. The molecule has 152 valence electrons.